The molecule has 2 rings (SSSR count). The van der Waals surface area contributed by atoms with Gasteiger partial charge in [-0.3, -0.25) is 0 Å². The lowest BCUT2D eigenvalue weighted by Gasteiger charge is -2.14. The van der Waals surface area contributed by atoms with Gasteiger partial charge in [0, 0.05) is 17.5 Å². The molecule has 0 radical (unpaired) electrons. The van der Waals surface area contributed by atoms with Gasteiger partial charge in [-0.2, -0.15) is 5.10 Å². The van der Waals surface area contributed by atoms with Crippen LogP contribution < -0.4 is 10.5 Å². The van der Waals surface area contributed by atoms with Gasteiger partial charge >= 0.3 is 5.97 Å². The molecule has 2 aromatic rings. The van der Waals surface area contributed by atoms with E-state index in [1.54, 1.807) is 16.8 Å². The third kappa shape index (κ3) is 2.84. The second-order valence-corrected chi connectivity index (χ2v) is 5.81. The summed E-state index contributed by atoms with van der Waals surface area (Å²) in [5, 5.41) is 13.6. The highest BCUT2D eigenvalue weighted by atomic mass is 16.5. The first kappa shape index (κ1) is 14.9. The molecule has 0 aliphatic heterocycles. The van der Waals surface area contributed by atoms with Crippen molar-refractivity contribution >= 4 is 11.8 Å². The quantitative estimate of drug-likeness (QED) is 0.905. The van der Waals surface area contributed by atoms with Gasteiger partial charge in [-0.25, -0.2) is 9.48 Å². The smallest absolute Gasteiger partial charge is 0.339 e. The molecule has 0 saturated carbocycles. The molecular formula is C15H19N3O3. The minimum Gasteiger partial charge on any atom is -0.496 e. The molecule has 0 aliphatic carbocycles. The first-order valence-electron chi connectivity index (χ1n) is 6.51. The van der Waals surface area contributed by atoms with Crippen LogP contribution in [0.1, 0.15) is 36.8 Å². The lowest BCUT2D eigenvalue weighted by molar-refractivity contribution is 0.0693. The van der Waals surface area contributed by atoms with Gasteiger partial charge in [-0.15, -0.1) is 0 Å². The fraction of sp³-hybridized carbons (Fsp3) is 0.333. The number of rotatable bonds is 3. The van der Waals surface area contributed by atoms with Crippen molar-refractivity contribution < 1.29 is 14.6 Å². The second kappa shape index (κ2) is 5.12. The Hall–Kier alpha value is -2.50. The number of hydrogen-bond donors (Lipinski definition) is 2. The standard InChI is InChI=1S/C15H19N3O3/c1-15(2,3)12-8-13(16)18(17-12)9-5-6-10(14(19)20)11(7-9)21-4/h5-8H,16H2,1-4H3,(H,19,20). The number of carboxylic acid groups (broad SMARTS) is 1. The second-order valence-electron chi connectivity index (χ2n) is 5.81. The number of carbonyl (C=O) groups is 1. The molecule has 0 aliphatic rings. The summed E-state index contributed by atoms with van der Waals surface area (Å²) >= 11 is 0. The summed E-state index contributed by atoms with van der Waals surface area (Å²) in [6.45, 7) is 6.15. The van der Waals surface area contributed by atoms with Crippen LogP contribution in [0.4, 0.5) is 5.82 Å². The molecule has 1 aromatic heterocycles. The lowest BCUT2D eigenvalue weighted by Crippen LogP contribution is -2.12. The maximum Gasteiger partial charge on any atom is 0.339 e. The molecule has 6 nitrogen and oxygen atoms in total. The predicted octanol–water partition coefficient (Wildman–Crippen LogP) is 2.46. The van der Waals surface area contributed by atoms with Gasteiger partial charge in [0.25, 0.3) is 0 Å². The Kier molecular flexibility index (Phi) is 3.63. The van der Waals surface area contributed by atoms with E-state index in [-0.39, 0.29) is 16.7 Å². The van der Waals surface area contributed by atoms with Crippen LogP contribution in [0, 0.1) is 0 Å². The molecule has 0 bridgehead atoms. The number of anilines is 1. The molecule has 0 amide bonds. The molecule has 0 spiro atoms. The van der Waals surface area contributed by atoms with Crippen molar-refractivity contribution in [3.05, 3.63) is 35.5 Å². The molecule has 0 atom stereocenters. The van der Waals surface area contributed by atoms with E-state index in [0.717, 1.165) is 5.69 Å². The average molecular weight is 289 g/mol. The minimum atomic E-state index is -1.04. The molecule has 21 heavy (non-hydrogen) atoms. The van der Waals surface area contributed by atoms with Crippen LogP contribution in [0.2, 0.25) is 0 Å². The number of aromatic carboxylic acids is 1. The normalized spacial score (nSPS) is 11.4. The van der Waals surface area contributed by atoms with E-state index in [0.29, 0.717) is 11.5 Å². The van der Waals surface area contributed by atoms with E-state index in [1.165, 1.54) is 13.2 Å². The minimum absolute atomic E-state index is 0.100. The summed E-state index contributed by atoms with van der Waals surface area (Å²) in [6.07, 6.45) is 0. The first-order valence-corrected chi connectivity index (χ1v) is 6.51. The van der Waals surface area contributed by atoms with Crippen molar-refractivity contribution in [3.63, 3.8) is 0 Å². The number of benzene rings is 1. The van der Waals surface area contributed by atoms with Gasteiger partial charge < -0.3 is 15.6 Å². The third-order valence-electron chi connectivity index (χ3n) is 3.17. The van der Waals surface area contributed by atoms with Crippen molar-refractivity contribution in [1.82, 2.24) is 9.78 Å². The highest BCUT2D eigenvalue weighted by Crippen LogP contribution is 2.27. The molecule has 0 fully saturated rings. The Morgan fingerprint density at radius 2 is 2.00 bits per heavy atom. The van der Waals surface area contributed by atoms with Crippen LogP contribution in [-0.2, 0) is 5.41 Å². The summed E-state index contributed by atoms with van der Waals surface area (Å²) in [5.74, 6) is -0.278. The van der Waals surface area contributed by atoms with E-state index >= 15 is 0 Å². The van der Waals surface area contributed by atoms with Gasteiger partial charge in [0.2, 0.25) is 0 Å². The number of carboxylic acids is 1. The third-order valence-corrected chi connectivity index (χ3v) is 3.17. The largest absolute Gasteiger partial charge is 0.496 e. The zero-order chi connectivity index (χ0) is 15.8. The SMILES string of the molecule is COc1cc(-n2nc(C(C)(C)C)cc2N)ccc1C(=O)O. The topological polar surface area (TPSA) is 90.4 Å². The van der Waals surface area contributed by atoms with E-state index in [9.17, 15) is 4.79 Å². The van der Waals surface area contributed by atoms with Gasteiger partial charge in [-0.05, 0) is 12.1 Å². The number of aromatic nitrogens is 2. The predicted molar refractivity (Wildman–Crippen MR) is 80.2 cm³/mol. The van der Waals surface area contributed by atoms with Crippen LogP contribution in [0.3, 0.4) is 0 Å². The zero-order valence-electron chi connectivity index (χ0n) is 12.5. The number of methoxy groups -OCH3 is 1. The van der Waals surface area contributed by atoms with Crippen molar-refractivity contribution in [2.75, 3.05) is 12.8 Å². The Bertz CT molecular complexity index is 684. The molecule has 1 aromatic carbocycles. The number of nitrogens with two attached hydrogens (primary N) is 1. The van der Waals surface area contributed by atoms with Crippen LogP contribution in [-0.4, -0.2) is 28.0 Å². The Balaban J connectivity index is 2.53. The fourth-order valence-corrected chi connectivity index (χ4v) is 1.96. The Morgan fingerprint density at radius 1 is 1.33 bits per heavy atom. The van der Waals surface area contributed by atoms with Crippen LogP contribution in [0.15, 0.2) is 24.3 Å². The highest BCUT2D eigenvalue weighted by Gasteiger charge is 2.20. The van der Waals surface area contributed by atoms with E-state index in [4.69, 9.17) is 15.6 Å². The molecule has 0 saturated heterocycles. The maximum absolute atomic E-state index is 11.1. The first-order chi connectivity index (χ1) is 9.74. The molecular weight excluding hydrogens is 270 g/mol. The van der Waals surface area contributed by atoms with Gasteiger partial charge in [0.1, 0.15) is 17.1 Å². The molecule has 0 unspecified atom stereocenters. The van der Waals surface area contributed by atoms with E-state index < -0.39 is 5.97 Å². The fourth-order valence-electron chi connectivity index (χ4n) is 1.96. The molecule has 3 N–H and O–H groups in total. The van der Waals surface area contributed by atoms with Crippen LogP contribution >= 0.6 is 0 Å². The monoisotopic (exact) mass is 289 g/mol. The summed E-state index contributed by atoms with van der Waals surface area (Å²) < 4.78 is 6.70. The summed E-state index contributed by atoms with van der Waals surface area (Å²) in [5.41, 5.74) is 7.50. The van der Waals surface area contributed by atoms with Crippen LogP contribution in [0.25, 0.3) is 5.69 Å². The summed E-state index contributed by atoms with van der Waals surface area (Å²) in [6, 6.07) is 6.56. The van der Waals surface area contributed by atoms with Crippen molar-refractivity contribution in [1.29, 1.82) is 0 Å². The Labute approximate surface area is 123 Å². The van der Waals surface area contributed by atoms with Crippen molar-refractivity contribution in [2.24, 2.45) is 0 Å². The molecule has 6 heteroatoms. The average Bonchev–Trinajstić information content (AvgIpc) is 2.80. The van der Waals surface area contributed by atoms with E-state index in [1.807, 2.05) is 26.8 Å². The van der Waals surface area contributed by atoms with Crippen molar-refractivity contribution in [3.8, 4) is 11.4 Å². The number of nitrogens with zero attached hydrogens (tertiary/aromatic N) is 2. The Morgan fingerprint density at radius 3 is 2.48 bits per heavy atom. The van der Waals surface area contributed by atoms with Gasteiger partial charge in [0.05, 0.1) is 18.5 Å². The zero-order valence-corrected chi connectivity index (χ0v) is 12.5. The number of nitrogen functional groups attached to an aromatic ring is 1. The maximum atomic E-state index is 11.1. The van der Waals surface area contributed by atoms with Crippen LogP contribution in [0.5, 0.6) is 5.75 Å². The number of ether oxygens (including phenoxy) is 1. The summed E-state index contributed by atoms with van der Waals surface area (Å²) in [7, 11) is 1.43. The lowest BCUT2D eigenvalue weighted by atomic mass is 9.92. The number of hydrogen-bond acceptors (Lipinski definition) is 4. The molecule has 112 valence electrons. The highest BCUT2D eigenvalue weighted by molar-refractivity contribution is 5.91. The van der Waals surface area contributed by atoms with Gasteiger partial charge in [0.15, 0.2) is 0 Å². The molecule has 1 heterocycles. The summed E-state index contributed by atoms with van der Waals surface area (Å²) in [4.78, 5) is 11.1. The van der Waals surface area contributed by atoms with Crippen molar-refractivity contribution in [2.45, 2.75) is 26.2 Å². The van der Waals surface area contributed by atoms with E-state index in [2.05, 4.69) is 5.10 Å². The van der Waals surface area contributed by atoms with Gasteiger partial charge in [-0.1, -0.05) is 20.8 Å².